The van der Waals surface area contributed by atoms with Crippen LogP contribution in [0.1, 0.15) is 55.3 Å². The van der Waals surface area contributed by atoms with Gasteiger partial charge in [-0.25, -0.2) is 4.39 Å². The Morgan fingerprint density at radius 3 is 2.57 bits per heavy atom. The average Bonchev–Trinajstić information content (AvgIpc) is 2.61. The topological polar surface area (TPSA) is 32.3 Å². The second kappa shape index (κ2) is 7.91. The molecule has 0 bridgehead atoms. The predicted molar refractivity (Wildman–Crippen MR) is 89.9 cm³/mol. The lowest BCUT2D eigenvalue weighted by molar-refractivity contribution is 0.0866. The van der Waals surface area contributed by atoms with Crippen LogP contribution in [0.2, 0.25) is 0 Å². The fourth-order valence-electron chi connectivity index (χ4n) is 3.98. The van der Waals surface area contributed by atoms with Gasteiger partial charge in [-0.15, -0.1) is 0 Å². The van der Waals surface area contributed by atoms with Gasteiger partial charge in [0.05, 0.1) is 0 Å². The van der Waals surface area contributed by atoms with Gasteiger partial charge in [0, 0.05) is 24.7 Å². The van der Waals surface area contributed by atoms with Gasteiger partial charge in [0.15, 0.2) is 0 Å². The summed E-state index contributed by atoms with van der Waals surface area (Å²) in [6.45, 7) is 3.04. The van der Waals surface area contributed by atoms with Gasteiger partial charge in [-0.2, -0.15) is 0 Å². The van der Waals surface area contributed by atoms with Gasteiger partial charge in [-0.1, -0.05) is 19.3 Å². The molecule has 1 amide bonds. The Morgan fingerprint density at radius 1 is 1.09 bits per heavy atom. The summed E-state index contributed by atoms with van der Waals surface area (Å²) >= 11 is 0. The molecule has 2 aliphatic rings. The molecule has 1 atom stereocenters. The maximum atomic E-state index is 12.9. The third-order valence-corrected chi connectivity index (χ3v) is 5.30. The number of carbonyl (C=O) groups excluding carboxylic acids is 1. The van der Waals surface area contributed by atoms with E-state index in [-0.39, 0.29) is 11.7 Å². The summed E-state index contributed by atoms with van der Waals surface area (Å²) in [6.07, 6.45) is 9.23. The Labute approximate surface area is 138 Å². The van der Waals surface area contributed by atoms with Gasteiger partial charge in [-0.05, 0) is 62.4 Å². The van der Waals surface area contributed by atoms with Gasteiger partial charge >= 0.3 is 0 Å². The molecule has 1 aliphatic carbocycles. The first-order valence-corrected chi connectivity index (χ1v) is 9.00. The Kier molecular flexibility index (Phi) is 5.65. The van der Waals surface area contributed by atoms with Crippen LogP contribution in [-0.4, -0.2) is 36.5 Å². The van der Waals surface area contributed by atoms with E-state index in [0.717, 1.165) is 19.1 Å². The molecule has 0 radical (unpaired) electrons. The number of carbonyl (C=O) groups is 1. The molecular weight excluding hydrogens is 291 g/mol. The van der Waals surface area contributed by atoms with E-state index in [9.17, 15) is 9.18 Å². The molecule has 1 aliphatic heterocycles. The van der Waals surface area contributed by atoms with Crippen LogP contribution in [0.15, 0.2) is 24.3 Å². The van der Waals surface area contributed by atoms with Crippen LogP contribution >= 0.6 is 0 Å². The Morgan fingerprint density at radius 2 is 1.83 bits per heavy atom. The first-order chi connectivity index (χ1) is 11.2. The van der Waals surface area contributed by atoms with Crippen LogP contribution in [0.3, 0.4) is 0 Å². The third kappa shape index (κ3) is 4.54. The normalized spacial score (nSPS) is 23.6. The molecule has 1 unspecified atom stereocenters. The van der Waals surface area contributed by atoms with Crippen molar-refractivity contribution in [3.05, 3.63) is 35.6 Å². The Balaban J connectivity index is 1.47. The quantitative estimate of drug-likeness (QED) is 0.920. The zero-order valence-corrected chi connectivity index (χ0v) is 13.8. The van der Waals surface area contributed by atoms with Crippen LogP contribution in [-0.2, 0) is 0 Å². The molecule has 1 heterocycles. The molecule has 0 aromatic heterocycles. The van der Waals surface area contributed by atoms with E-state index in [2.05, 4.69) is 10.2 Å². The molecular formula is C19H27FN2O. The third-order valence-electron chi connectivity index (χ3n) is 5.30. The van der Waals surface area contributed by atoms with Crippen LogP contribution in [0.4, 0.5) is 4.39 Å². The summed E-state index contributed by atoms with van der Waals surface area (Å²) in [5.41, 5.74) is 0.534. The fraction of sp³-hybridized carbons (Fsp3) is 0.632. The van der Waals surface area contributed by atoms with Gasteiger partial charge < -0.3 is 10.2 Å². The maximum Gasteiger partial charge on any atom is 0.251 e. The molecule has 126 valence electrons. The number of likely N-dealkylation sites (tertiary alicyclic amines) is 1. The predicted octanol–water partition coefficient (Wildman–Crippen LogP) is 3.60. The van der Waals surface area contributed by atoms with Gasteiger partial charge in [0.1, 0.15) is 5.82 Å². The van der Waals surface area contributed by atoms with E-state index in [1.54, 1.807) is 12.1 Å². The summed E-state index contributed by atoms with van der Waals surface area (Å²) in [5, 5.41) is 3.02. The molecule has 23 heavy (non-hydrogen) atoms. The summed E-state index contributed by atoms with van der Waals surface area (Å²) in [6, 6.07) is 6.51. The molecule has 1 saturated heterocycles. The summed E-state index contributed by atoms with van der Waals surface area (Å²) in [7, 11) is 0. The summed E-state index contributed by atoms with van der Waals surface area (Å²) < 4.78 is 12.9. The minimum absolute atomic E-state index is 0.0974. The molecule has 1 aromatic carbocycles. The molecule has 1 saturated carbocycles. The highest BCUT2D eigenvalue weighted by atomic mass is 19.1. The second-order valence-electron chi connectivity index (χ2n) is 7.01. The molecule has 0 spiro atoms. The smallest absolute Gasteiger partial charge is 0.251 e. The van der Waals surface area contributed by atoms with Crippen LogP contribution in [0.5, 0.6) is 0 Å². The molecule has 4 heteroatoms. The number of amides is 1. The van der Waals surface area contributed by atoms with Crippen molar-refractivity contribution in [1.82, 2.24) is 10.2 Å². The van der Waals surface area contributed by atoms with Gasteiger partial charge in [0.2, 0.25) is 0 Å². The van der Waals surface area contributed by atoms with E-state index >= 15 is 0 Å². The van der Waals surface area contributed by atoms with E-state index in [0.29, 0.717) is 11.5 Å². The lowest BCUT2D eigenvalue weighted by Crippen LogP contribution is -2.46. The van der Waals surface area contributed by atoms with Gasteiger partial charge in [0.25, 0.3) is 5.91 Å². The van der Waals surface area contributed by atoms with Crippen LogP contribution in [0, 0.1) is 11.7 Å². The van der Waals surface area contributed by atoms with Crippen LogP contribution in [0.25, 0.3) is 0 Å². The van der Waals surface area contributed by atoms with Crippen molar-refractivity contribution < 1.29 is 9.18 Å². The van der Waals surface area contributed by atoms with Gasteiger partial charge in [-0.3, -0.25) is 4.79 Å². The Bertz CT molecular complexity index is 511. The largest absolute Gasteiger partial charge is 0.352 e. The zero-order chi connectivity index (χ0) is 16.1. The number of halogens is 1. The van der Waals surface area contributed by atoms with Crippen molar-refractivity contribution in [2.24, 2.45) is 5.92 Å². The highest BCUT2D eigenvalue weighted by molar-refractivity contribution is 5.94. The zero-order valence-electron chi connectivity index (χ0n) is 13.8. The fourth-order valence-corrected chi connectivity index (χ4v) is 3.98. The molecule has 3 nitrogen and oxygen atoms in total. The van der Waals surface area contributed by atoms with E-state index in [4.69, 9.17) is 0 Å². The molecule has 2 fully saturated rings. The minimum Gasteiger partial charge on any atom is -0.352 e. The molecule has 1 aromatic rings. The number of hydrogen-bond acceptors (Lipinski definition) is 2. The monoisotopic (exact) mass is 318 g/mol. The number of piperidine rings is 1. The standard InChI is InChI=1S/C19H27FN2O/c20-17-10-8-16(9-11-17)19(23)21-13-15-5-4-12-22(14-15)18-6-2-1-3-7-18/h8-11,15,18H,1-7,12-14H2,(H,21,23). The number of hydrogen-bond donors (Lipinski definition) is 1. The van der Waals surface area contributed by atoms with Crippen LogP contribution < -0.4 is 5.32 Å². The van der Waals surface area contributed by atoms with E-state index < -0.39 is 0 Å². The molecule has 1 N–H and O–H groups in total. The number of rotatable bonds is 4. The van der Waals surface area contributed by atoms with Crippen molar-refractivity contribution in [2.75, 3.05) is 19.6 Å². The first kappa shape index (κ1) is 16.4. The lowest BCUT2D eigenvalue weighted by Gasteiger charge is -2.40. The number of nitrogens with one attached hydrogen (secondary N) is 1. The highest BCUT2D eigenvalue weighted by Gasteiger charge is 2.27. The highest BCUT2D eigenvalue weighted by Crippen LogP contribution is 2.26. The summed E-state index contributed by atoms with van der Waals surface area (Å²) in [4.78, 5) is 14.8. The van der Waals surface area contributed by atoms with E-state index in [1.807, 2.05) is 0 Å². The lowest BCUT2D eigenvalue weighted by atomic mass is 9.90. The van der Waals surface area contributed by atoms with E-state index in [1.165, 1.54) is 63.6 Å². The van der Waals surface area contributed by atoms with Crippen molar-refractivity contribution in [3.8, 4) is 0 Å². The van der Waals surface area contributed by atoms with Crippen molar-refractivity contribution in [3.63, 3.8) is 0 Å². The molecule has 3 rings (SSSR count). The summed E-state index contributed by atoms with van der Waals surface area (Å²) in [5.74, 6) is 0.131. The second-order valence-corrected chi connectivity index (χ2v) is 7.01. The minimum atomic E-state index is -0.308. The van der Waals surface area contributed by atoms with Crippen molar-refractivity contribution >= 4 is 5.91 Å². The number of benzene rings is 1. The van der Waals surface area contributed by atoms with Crippen molar-refractivity contribution in [1.29, 1.82) is 0 Å². The Hall–Kier alpha value is -1.42. The van der Waals surface area contributed by atoms with Crippen molar-refractivity contribution in [2.45, 2.75) is 51.0 Å². The first-order valence-electron chi connectivity index (χ1n) is 9.00. The average molecular weight is 318 g/mol. The SMILES string of the molecule is O=C(NCC1CCCN(C2CCCCC2)C1)c1ccc(F)cc1. The number of nitrogens with zero attached hydrogens (tertiary/aromatic N) is 1. The maximum absolute atomic E-state index is 12.9.